The third-order valence-electron chi connectivity index (χ3n) is 5.46. The highest BCUT2D eigenvalue weighted by atomic mass is 32.1. The molecule has 0 aliphatic heterocycles. The van der Waals surface area contributed by atoms with Gasteiger partial charge in [-0.2, -0.15) is 0 Å². The van der Waals surface area contributed by atoms with E-state index in [4.69, 9.17) is 11.5 Å². The maximum atomic E-state index is 6.49. The van der Waals surface area contributed by atoms with Gasteiger partial charge in [-0.25, -0.2) is 0 Å². The van der Waals surface area contributed by atoms with Gasteiger partial charge in [0.2, 0.25) is 5.13 Å². The summed E-state index contributed by atoms with van der Waals surface area (Å²) >= 11 is 1.47. The predicted molar refractivity (Wildman–Crippen MR) is 71.8 cm³/mol. The van der Waals surface area contributed by atoms with Crippen LogP contribution >= 0.6 is 11.3 Å². The van der Waals surface area contributed by atoms with E-state index in [1.807, 2.05) is 0 Å². The maximum absolute atomic E-state index is 6.49. The summed E-state index contributed by atoms with van der Waals surface area (Å²) in [5, 5.41) is 9.58. The van der Waals surface area contributed by atoms with Crippen LogP contribution in [0.25, 0.3) is 0 Å². The van der Waals surface area contributed by atoms with Gasteiger partial charge in [-0.1, -0.05) is 11.3 Å². The molecule has 0 radical (unpaired) electrons. The first kappa shape index (κ1) is 11.2. The second-order valence-electron chi connectivity index (χ2n) is 6.51. The molecule has 5 heteroatoms. The molecule has 0 saturated heterocycles. The smallest absolute Gasteiger partial charge is 0.203 e. The molecule has 18 heavy (non-hydrogen) atoms. The first-order valence-corrected chi connectivity index (χ1v) is 7.87. The lowest BCUT2D eigenvalue weighted by atomic mass is 9.50. The molecule has 1 heterocycles. The lowest BCUT2D eigenvalue weighted by molar-refractivity contribution is -0.0472. The van der Waals surface area contributed by atoms with E-state index in [0.717, 1.165) is 28.7 Å². The number of aromatic nitrogens is 2. The molecule has 1 unspecified atom stereocenters. The largest absolute Gasteiger partial charge is 0.374 e. The Bertz CT molecular complexity index is 430. The zero-order valence-electron chi connectivity index (χ0n) is 10.5. The van der Waals surface area contributed by atoms with Gasteiger partial charge in [0.15, 0.2) is 0 Å². The molecule has 0 amide bonds. The van der Waals surface area contributed by atoms with E-state index >= 15 is 0 Å². The fourth-order valence-electron chi connectivity index (χ4n) is 5.10. The Balaban J connectivity index is 1.61. The van der Waals surface area contributed by atoms with Crippen molar-refractivity contribution in [3.05, 3.63) is 5.01 Å². The standard InChI is InChI=1S/C13H20N4S/c14-11(12-16-17-13(15)18-12)10-8-2-6-1-7(4-8)5-9(10)3-6/h6-11H,1-5,14H2,(H2,15,17). The molecular formula is C13H20N4S. The number of nitrogens with zero attached hydrogens (tertiary/aromatic N) is 2. The van der Waals surface area contributed by atoms with Crippen LogP contribution in [0.4, 0.5) is 5.13 Å². The average Bonchev–Trinajstić information content (AvgIpc) is 2.74. The van der Waals surface area contributed by atoms with Crippen LogP contribution < -0.4 is 11.5 Å². The maximum Gasteiger partial charge on any atom is 0.203 e. The van der Waals surface area contributed by atoms with E-state index in [9.17, 15) is 0 Å². The summed E-state index contributed by atoms with van der Waals surface area (Å²) in [4.78, 5) is 0. The van der Waals surface area contributed by atoms with Crippen molar-refractivity contribution in [2.24, 2.45) is 35.3 Å². The molecule has 4 N–H and O–H groups in total. The molecule has 98 valence electrons. The Morgan fingerprint density at radius 2 is 1.61 bits per heavy atom. The quantitative estimate of drug-likeness (QED) is 0.858. The van der Waals surface area contributed by atoms with E-state index in [1.165, 1.54) is 43.4 Å². The summed E-state index contributed by atoms with van der Waals surface area (Å²) in [6, 6.07) is 0.0646. The third-order valence-corrected chi connectivity index (χ3v) is 6.31. The average molecular weight is 264 g/mol. The van der Waals surface area contributed by atoms with Gasteiger partial charge in [0.1, 0.15) is 5.01 Å². The molecule has 0 aromatic carbocycles. The molecule has 4 bridgehead atoms. The van der Waals surface area contributed by atoms with E-state index in [0.29, 0.717) is 11.0 Å². The molecule has 1 aromatic rings. The van der Waals surface area contributed by atoms with Gasteiger partial charge < -0.3 is 11.5 Å². The Labute approximate surface area is 111 Å². The highest BCUT2D eigenvalue weighted by Crippen LogP contribution is 2.59. The van der Waals surface area contributed by atoms with Crippen LogP contribution in [-0.4, -0.2) is 10.2 Å². The summed E-state index contributed by atoms with van der Waals surface area (Å²) in [6.45, 7) is 0. The molecule has 5 rings (SSSR count). The Morgan fingerprint density at radius 1 is 1.00 bits per heavy atom. The predicted octanol–water partition coefficient (Wildman–Crippen LogP) is 2.19. The topological polar surface area (TPSA) is 77.8 Å². The number of hydrogen-bond donors (Lipinski definition) is 2. The highest BCUT2D eigenvalue weighted by Gasteiger charge is 2.50. The second-order valence-corrected chi connectivity index (χ2v) is 7.55. The van der Waals surface area contributed by atoms with Crippen molar-refractivity contribution in [1.82, 2.24) is 10.2 Å². The molecule has 4 saturated carbocycles. The minimum atomic E-state index is 0.0646. The van der Waals surface area contributed by atoms with Crippen molar-refractivity contribution in [2.75, 3.05) is 5.73 Å². The van der Waals surface area contributed by atoms with Gasteiger partial charge in [0.25, 0.3) is 0 Å². The highest BCUT2D eigenvalue weighted by molar-refractivity contribution is 7.15. The summed E-state index contributed by atoms with van der Waals surface area (Å²) < 4.78 is 0. The van der Waals surface area contributed by atoms with Crippen molar-refractivity contribution in [3.63, 3.8) is 0 Å². The Hall–Kier alpha value is -0.680. The monoisotopic (exact) mass is 264 g/mol. The Morgan fingerprint density at radius 3 is 2.11 bits per heavy atom. The van der Waals surface area contributed by atoms with Crippen LogP contribution in [0, 0.1) is 29.6 Å². The SMILES string of the molecule is Nc1nnc(C(N)C2C3CC4CC(C3)CC2C4)s1. The van der Waals surface area contributed by atoms with Crippen LogP contribution in [0.5, 0.6) is 0 Å². The number of nitrogen functional groups attached to an aromatic ring is 1. The number of rotatable bonds is 2. The first-order valence-electron chi connectivity index (χ1n) is 7.05. The van der Waals surface area contributed by atoms with Gasteiger partial charge >= 0.3 is 0 Å². The molecule has 1 atom stereocenters. The van der Waals surface area contributed by atoms with E-state index in [1.54, 1.807) is 0 Å². The molecule has 4 aliphatic carbocycles. The fraction of sp³-hybridized carbons (Fsp3) is 0.846. The normalized spacial score (nSPS) is 43.3. The van der Waals surface area contributed by atoms with Gasteiger partial charge in [-0.05, 0) is 61.7 Å². The summed E-state index contributed by atoms with van der Waals surface area (Å²) in [6.07, 6.45) is 7.10. The van der Waals surface area contributed by atoms with Crippen LogP contribution in [0.1, 0.15) is 43.2 Å². The zero-order valence-corrected chi connectivity index (χ0v) is 11.3. The summed E-state index contributed by atoms with van der Waals surface area (Å²) in [5.74, 6) is 4.29. The molecule has 4 nitrogen and oxygen atoms in total. The van der Waals surface area contributed by atoms with Gasteiger partial charge in [0.05, 0.1) is 6.04 Å². The number of anilines is 1. The van der Waals surface area contributed by atoms with Gasteiger partial charge in [-0.15, -0.1) is 10.2 Å². The first-order chi connectivity index (χ1) is 8.70. The Kier molecular flexibility index (Phi) is 2.42. The van der Waals surface area contributed by atoms with Crippen LogP contribution in [0.3, 0.4) is 0 Å². The van der Waals surface area contributed by atoms with Crippen molar-refractivity contribution in [2.45, 2.75) is 38.1 Å². The number of hydrogen-bond acceptors (Lipinski definition) is 5. The minimum absolute atomic E-state index is 0.0646. The van der Waals surface area contributed by atoms with E-state index in [2.05, 4.69) is 10.2 Å². The number of nitrogens with two attached hydrogens (primary N) is 2. The lowest BCUT2D eigenvalue weighted by Gasteiger charge is -2.55. The van der Waals surface area contributed by atoms with Crippen molar-refractivity contribution in [1.29, 1.82) is 0 Å². The molecule has 4 aliphatic rings. The fourth-order valence-corrected chi connectivity index (χ4v) is 5.77. The second kappa shape index (κ2) is 3.90. The van der Waals surface area contributed by atoms with Gasteiger partial charge in [0, 0.05) is 0 Å². The van der Waals surface area contributed by atoms with Crippen LogP contribution in [0.2, 0.25) is 0 Å². The van der Waals surface area contributed by atoms with Crippen molar-refractivity contribution < 1.29 is 0 Å². The molecule has 0 spiro atoms. The van der Waals surface area contributed by atoms with Crippen molar-refractivity contribution >= 4 is 16.5 Å². The molecule has 4 fully saturated rings. The van der Waals surface area contributed by atoms with Crippen LogP contribution in [0.15, 0.2) is 0 Å². The van der Waals surface area contributed by atoms with Crippen molar-refractivity contribution in [3.8, 4) is 0 Å². The van der Waals surface area contributed by atoms with E-state index in [-0.39, 0.29) is 6.04 Å². The van der Waals surface area contributed by atoms with E-state index < -0.39 is 0 Å². The third kappa shape index (κ3) is 1.60. The summed E-state index contributed by atoms with van der Waals surface area (Å²) in [7, 11) is 0. The van der Waals surface area contributed by atoms with Gasteiger partial charge in [-0.3, -0.25) is 0 Å². The summed E-state index contributed by atoms with van der Waals surface area (Å²) in [5.41, 5.74) is 12.2. The molecule has 1 aromatic heterocycles. The zero-order chi connectivity index (χ0) is 12.3. The van der Waals surface area contributed by atoms with Crippen LogP contribution in [-0.2, 0) is 0 Å². The molecular weight excluding hydrogens is 244 g/mol. The lowest BCUT2D eigenvalue weighted by Crippen LogP contribution is -2.48. The minimum Gasteiger partial charge on any atom is -0.374 e.